The summed E-state index contributed by atoms with van der Waals surface area (Å²) in [6.07, 6.45) is 3.84. The summed E-state index contributed by atoms with van der Waals surface area (Å²) in [4.78, 5) is 6.58. The van der Waals surface area contributed by atoms with E-state index < -0.39 is 0 Å². The number of halogens is 1. The van der Waals surface area contributed by atoms with Crippen molar-refractivity contribution in [1.29, 1.82) is 0 Å². The van der Waals surface area contributed by atoms with Crippen LogP contribution in [0.3, 0.4) is 0 Å². The molecule has 180 valence electrons. The van der Waals surface area contributed by atoms with Gasteiger partial charge in [0.1, 0.15) is 5.76 Å². The van der Waals surface area contributed by atoms with Crippen molar-refractivity contribution in [3.63, 3.8) is 0 Å². The number of rotatable bonds is 11. The smallest absolute Gasteiger partial charge is 0.191 e. The Morgan fingerprint density at radius 3 is 2.39 bits per heavy atom. The quantitative estimate of drug-likeness (QED) is 0.187. The number of benzene rings is 1. The second-order valence-electron chi connectivity index (χ2n) is 8.03. The Labute approximate surface area is 214 Å². The molecule has 3 rings (SSSR count). The molecule has 0 bridgehead atoms. The van der Waals surface area contributed by atoms with Crippen LogP contribution in [-0.4, -0.2) is 30.1 Å². The summed E-state index contributed by atoms with van der Waals surface area (Å²) in [6, 6.07) is 14.4. The van der Waals surface area contributed by atoms with Gasteiger partial charge in [-0.15, -0.1) is 24.0 Å². The van der Waals surface area contributed by atoms with Crippen molar-refractivity contribution in [3.8, 4) is 0 Å². The van der Waals surface area contributed by atoms with Crippen molar-refractivity contribution in [2.45, 2.75) is 58.8 Å². The molecule has 2 heterocycles. The molecule has 0 aliphatic rings. The molecule has 0 fully saturated rings. The monoisotopic (exact) mass is 565 g/mol. The molecule has 8 heteroatoms. The third-order valence-electron chi connectivity index (χ3n) is 5.65. The third-order valence-corrected chi connectivity index (χ3v) is 5.65. The van der Waals surface area contributed by atoms with Gasteiger partial charge in [-0.25, -0.2) is 0 Å². The zero-order valence-corrected chi connectivity index (χ0v) is 22.3. The van der Waals surface area contributed by atoms with E-state index in [0.29, 0.717) is 19.0 Å². The summed E-state index contributed by atoms with van der Waals surface area (Å²) in [5, 5.41) is 11.0. The van der Waals surface area contributed by atoms with Gasteiger partial charge >= 0.3 is 0 Å². The lowest BCUT2D eigenvalue weighted by Crippen LogP contribution is -2.36. The zero-order chi connectivity index (χ0) is 22.8. The number of aliphatic imine (C=N–C) groups is 1. The summed E-state index contributed by atoms with van der Waals surface area (Å²) in [7, 11) is 3.87. The summed E-state index contributed by atoms with van der Waals surface area (Å²) in [5.74, 6) is 2.96. The van der Waals surface area contributed by atoms with E-state index in [1.54, 1.807) is 13.3 Å². The Morgan fingerprint density at radius 1 is 1.00 bits per heavy atom. The van der Waals surface area contributed by atoms with Crippen LogP contribution in [0.5, 0.6) is 0 Å². The maximum atomic E-state index is 5.50. The van der Waals surface area contributed by atoms with Crippen LogP contribution in [0.2, 0.25) is 0 Å². The molecule has 3 aromatic rings. The predicted octanol–water partition coefficient (Wildman–Crippen LogP) is 5.29. The van der Waals surface area contributed by atoms with Crippen molar-refractivity contribution < 1.29 is 8.94 Å². The highest BCUT2D eigenvalue weighted by Crippen LogP contribution is 2.22. The van der Waals surface area contributed by atoms with Gasteiger partial charge in [0, 0.05) is 32.1 Å². The van der Waals surface area contributed by atoms with E-state index in [0.717, 1.165) is 49.1 Å². The van der Waals surface area contributed by atoms with Gasteiger partial charge in [0.25, 0.3) is 0 Å². The number of nitrogens with one attached hydrogen (secondary N) is 2. The lowest BCUT2D eigenvalue weighted by Gasteiger charge is -2.18. The minimum atomic E-state index is 0. The Hall–Kier alpha value is -2.33. The Bertz CT molecular complexity index is 967. The molecular formula is C25H36IN5O2. The molecule has 0 unspecified atom stereocenters. The first kappa shape index (κ1) is 26.9. The number of guanidine groups is 1. The van der Waals surface area contributed by atoms with Gasteiger partial charge in [0.05, 0.1) is 25.0 Å². The van der Waals surface area contributed by atoms with Gasteiger partial charge in [-0.2, -0.15) is 0 Å². The first-order chi connectivity index (χ1) is 15.6. The zero-order valence-electron chi connectivity index (χ0n) is 20.0. The molecule has 0 saturated carbocycles. The van der Waals surface area contributed by atoms with Crippen LogP contribution in [0.25, 0.3) is 0 Å². The van der Waals surface area contributed by atoms with Crippen LogP contribution >= 0.6 is 24.0 Å². The maximum absolute atomic E-state index is 5.50. The largest absolute Gasteiger partial charge is 0.468 e. The first-order valence-corrected chi connectivity index (χ1v) is 11.3. The van der Waals surface area contributed by atoms with Gasteiger partial charge in [-0.1, -0.05) is 43.3 Å². The second kappa shape index (κ2) is 14.0. The van der Waals surface area contributed by atoms with Crippen LogP contribution < -0.4 is 10.6 Å². The molecule has 0 atom stereocenters. The molecule has 2 aromatic heterocycles. The highest BCUT2D eigenvalue weighted by molar-refractivity contribution is 14.0. The maximum Gasteiger partial charge on any atom is 0.191 e. The van der Waals surface area contributed by atoms with Crippen molar-refractivity contribution >= 4 is 29.9 Å². The van der Waals surface area contributed by atoms with Gasteiger partial charge in [-0.05, 0) is 43.1 Å². The molecule has 0 aliphatic heterocycles. The lowest BCUT2D eigenvalue weighted by molar-refractivity contribution is 0.287. The van der Waals surface area contributed by atoms with Crippen molar-refractivity contribution in [1.82, 2.24) is 20.7 Å². The lowest BCUT2D eigenvalue weighted by atomic mass is 9.99. The minimum Gasteiger partial charge on any atom is -0.468 e. The van der Waals surface area contributed by atoms with E-state index >= 15 is 0 Å². The topological polar surface area (TPSA) is 78.8 Å². The summed E-state index contributed by atoms with van der Waals surface area (Å²) >= 11 is 0. The SMILES string of the molecule is CCC(CC)c1cc(CNC(=NC)NCc2ccccc2CN(C)Cc2ccco2)on1.I. The molecule has 0 amide bonds. The number of nitrogens with zero attached hydrogens (tertiary/aromatic N) is 3. The molecule has 7 nitrogen and oxygen atoms in total. The van der Waals surface area contributed by atoms with Crippen LogP contribution in [0.15, 0.2) is 62.7 Å². The van der Waals surface area contributed by atoms with E-state index in [2.05, 4.69) is 70.8 Å². The van der Waals surface area contributed by atoms with E-state index in [9.17, 15) is 0 Å². The average Bonchev–Trinajstić information content (AvgIpc) is 3.48. The Balaban J connectivity index is 0.00000385. The van der Waals surface area contributed by atoms with Crippen molar-refractivity contribution in [3.05, 3.63) is 77.1 Å². The van der Waals surface area contributed by atoms with E-state index in [-0.39, 0.29) is 24.0 Å². The predicted molar refractivity (Wildman–Crippen MR) is 143 cm³/mol. The van der Waals surface area contributed by atoms with E-state index in [4.69, 9.17) is 8.94 Å². The molecule has 0 saturated heterocycles. The molecule has 33 heavy (non-hydrogen) atoms. The van der Waals surface area contributed by atoms with Gasteiger partial charge < -0.3 is 19.6 Å². The Kier molecular flexibility index (Phi) is 11.5. The van der Waals surface area contributed by atoms with Gasteiger partial charge in [0.15, 0.2) is 11.7 Å². The summed E-state index contributed by atoms with van der Waals surface area (Å²) in [5.41, 5.74) is 3.54. The van der Waals surface area contributed by atoms with Gasteiger partial charge in [-0.3, -0.25) is 9.89 Å². The fourth-order valence-electron chi connectivity index (χ4n) is 3.78. The number of hydrogen-bond donors (Lipinski definition) is 2. The summed E-state index contributed by atoms with van der Waals surface area (Å²) < 4.78 is 11.0. The van der Waals surface area contributed by atoms with Crippen LogP contribution in [0.4, 0.5) is 0 Å². The molecule has 2 N–H and O–H groups in total. The van der Waals surface area contributed by atoms with Crippen LogP contribution in [-0.2, 0) is 26.2 Å². The first-order valence-electron chi connectivity index (χ1n) is 11.3. The van der Waals surface area contributed by atoms with E-state index in [1.165, 1.54) is 11.1 Å². The fraction of sp³-hybridized carbons (Fsp3) is 0.440. The second-order valence-corrected chi connectivity index (χ2v) is 8.03. The molecule has 0 radical (unpaired) electrons. The van der Waals surface area contributed by atoms with Crippen LogP contribution in [0, 0.1) is 0 Å². The third kappa shape index (κ3) is 8.19. The molecule has 1 aromatic carbocycles. The van der Waals surface area contributed by atoms with Crippen LogP contribution in [0.1, 0.15) is 60.9 Å². The Morgan fingerprint density at radius 2 is 1.73 bits per heavy atom. The highest BCUT2D eigenvalue weighted by Gasteiger charge is 2.13. The fourth-order valence-corrected chi connectivity index (χ4v) is 3.78. The number of aromatic nitrogens is 1. The minimum absolute atomic E-state index is 0. The number of hydrogen-bond acceptors (Lipinski definition) is 5. The van der Waals surface area contributed by atoms with Crippen molar-refractivity contribution in [2.75, 3.05) is 14.1 Å². The summed E-state index contributed by atoms with van der Waals surface area (Å²) in [6.45, 7) is 7.19. The average molecular weight is 566 g/mol. The van der Waals surface area contributed by atoms with Crippen molar-refractivity contribution in [2.24, 2.45) is 4.99 Å². The van der Waals surface area contributed by atoms with Gasteiger partial charge in [0.2, 0.25) is 0 Å². The molecule has 0 aliphatic carbocycles. The highest BCUT2D eigenvalue weighted by atomic mass is 127. The number of furan rings is 1. The molecular weight excluding hydrogens is 529 g/mol. The van der Waals surface area contributed by atoms with E-state index in [1.807, 2.05) is 18.2 Å². The molecule has 0 spiro atoms. The normalized spacial score (nSPS) is 11.6. The standard InChI is InChI=1S/C25H35N5O2.HI/c1-5-19(6-2)24-14-23(32-29-24)16-28-25(26-3)27-15-20-10-7-8-11-21(20)17-30(4)18-22-12-9-13-31-22;/h7-14,19H,5-6,15-18H2,1-4H3,(H2,26,27,28);1H.